The summed E-state index contributed by atoms with van der Waals surface area (Å²) in [5.41, 5.74) is 2.54. The second-order valence-corrected chi connectivity index (χ2v) is 5.11. The summed E-state index contributed by atoms with van der Waals surface area (Å²) in [4.78, 5) is 10.4. The minimum atomic E-state index is -0.417. The number of halogens is 1. The summed E-state index contributed by atoms with van der Waals surface area (Å²) in [6, 6.07) is 12.4. The summed E-state index contributed by atoms with van der Waals surface area (Å²) < 4.78 is 0.466. The molecule has 0 aliphatic carbocycles. The molecule has 0 aliphatic heterocycles. The number of anilines is 1. The van der Waals surface area contributed by atoms with Gasteiger partial charge in [-0.05, 0) is 45.3 Å². The first kappa shape index (κ1) is 14.5. The molecule has 2 N–H and O–H groups in total. The molecule has 20 heavy (non-hydrogen) atoms. The van der Waals surface area contributed by atoms with E-state index in [2.05, 4.69) is 21.2 Å². The minimum Gasteiger partial charge on any atom is -0.392 e. The average molecular weight is 337 g/mol. The molecule has 0 saturated carbocycles. The molecule has 2 rings (SSSR count). The standard InChI is InChI=1S/C14H13BrN2O3/c15-13-5-4-10(7-14(13)17(19)20)8-16-12-3-1-2-11(6-12)9-18/h1-7,16,18H,8-9H2. The van der Waals surface area contributed by atoms with Crippen molar-refractivity contribution in [3.05, 3.63) is 68.2 Å². The van der Waals surface area contributed by atoms with E-state index in [0.717, 1.165) is 16.8 Å². The highest BCUT2D eigenvalue weighted by molar-refractivity contribution is 9.10. The maximum absolute atomic E-state index is 10.9. The Bertz CT molecular complexity index is 632. The van der Waals surface area contributed by atoms with E-state index >= 15 is 0 Å². The summed E-state index contributed by atoms with van der Waals surface area (Å²) in [5, 5.41) is 23.1. The van der Waals surface area contributed by atoms with Crippen LogP contribution in [0, 0.1) is 10.1 Å². The third-order valence-corrected chi connectivity index (χ3v) is 3.48. The number of aliphatic hydroxyl groups is 1. The zero-order chi connectivity index (χ0) is 14.5. The monoisotopic (exact) mass is 336 g/mol. The largest absolute Gasteiger partial charge is 0.392 e. The van der Waals surface area contributed by atoms with Gasteiger partial charge in [-0.3, -0.25) is 10.1 Å². The van der Waals surface area contributed by atoms with E-state index in [1.54, 1.807) is 6.07 Å². The molecule has 6 heteroatoms. The SMILES string of the molecule is O=[N+]([O-])c1cc(CNc2cccc(CO)c2)ccc1Br. The lowest BCUT2D eigenvalue weighted by atomic mass is 10.2. The molecule has 0 fully saturated rings. The third-order valence-electron chi connectivity index (χ3n) is 2.81. The van der Waals surface area contributed by atoms with Crippen molar-refractivity contribution in [1.29, 1.82) is 0 Å². The van der Waals surface area contributed by atoms with Gasteiger partial charge in [0, 0.05) is 18.3 Å². The van der Waals surface area contributed by atoms with Gasteiger partial charge in [0.1, 0.15) is 0 Å². The molecule has 104 valence electrons. The fraction of sp³-hybridized carbons (Fsp3) is 0.143. The van der Waals surface area contributed by atoms with Crippen LogP contribution in [0.25, 0.3) is 0 Å². The van der Waals surface area contributed by atoms with Crippen molar-refractivity contribution >= 4 is 27.3 Å². The normalized spacial score (nSPS) is 10.3. The van der Waals surface area contributed by atoms with Crippen LogP contribution in [0.15, 0.2) is 46.9 Å². The van der Waals surface area contributed by atoms with Gasteiger partial charge in [0.25, 0.3) is 5.69 Å². The Kier molecular flexibility index (Phi) is 4.70. The van der Waals surface area contributed by atoms with E-state index in [0.29, 0.717) is 11.0 Å². The van der Waals surface area contributed by atoms with Crippen LogP contribution in [0.5, 0.6) is 0 Å². The first-order chi connectivity index (χ1) is 9.60. The van der Waals surface area contributed by atoms with Crippen LogP contribution in [0.2, 0.25) is 0 Å². The minimum absolute atomic E-state index is 0.0146. The summed E-state index contributed by atoms with van der Waals surface area (Å²) in [6.07, 6.45) is 0. The highest BCUT2D eigenvalue weighted by Gasteiger charge is 2.11. The van der Waals surface area contributed by atoms with Crippen molar-refractivity contribution in [1.82, 2.24) is 0 Å². The number of benzene rings is 2. The topological polar surface area (TPSA) is 75.4 Å². The predicted molar refractivity (Wildman–Crippen MR) is 80.5 cm³/mol. The number of hydrogen-bond donors (Lipinski definition) is 2. The number of nitrogens with zero attached hydrogens (tertiary/aromatic N) is 1. The lowest BCUT2D eigenvalue weighted by Gasteiger charge is -2.08. The van der Waals surface area contributed by atoms with Gasteiger partial charge in [-0.1, -0.05) is 18.2 Å². The van der Waals surface area contributed by atoms with Gasteiger partial charge in [0.05, 0.1) is 16.0 Å². The fourth-order valence-corrected chi connectivity index (χ4v) is 2.18. The van der Waals surface area contributed by atoms with Crippen LogP contribution in [0.4, 0.5) is 11.4 Å². The van der Waals surface area contributed by atoms with E-state index in [4.69, 9.17) is 5.11 Å². The van der Waals surface area contributed by atoms with E-state index in [-0.39, 0.29) is 12.3 Å². The maximum atomic E-state index is 10.9. The van der Waals surface area contributed by atoms with E-state index < -0.39 is 4.92 Å². The molecule has 0 atom stereocenters. The first-order valence-electron chi connectivity index (χ1n) is 5.96. The van der Waals surface area contributed by atoms with Gasteiger partial charge in [0.15, 0.2) is 0 Å². The number of nitrogens with one attached hydrogen (secondary N) is 1. The molecule has 2 aromatic rings. The lowest BCUT2D eigenvalue weighted by molar-refractivity contribution is -0.385. The van der Waals surface area contributed by atoms with Crippen molar-refractivity contribution in [3.63, 3.8) is 0 Å². The molecule has 0 heterocycles. The Morgan fingerprint density at radius 3 is 2.70 bits per heavy atom. The van der Waals surface area contributed by atoms with Crippen molar-refractivity contribution in [2.75, 3.05) is 5.32 Å². The van der Waals surface area contributed by atoms with E-state index in [1.165, 1.54) is 6.07 Å². The highest BCUT2D eigenvalue weighted by atomic mass is 79.9. The quantitative estimate of drug-likeness (QED) is 0.647. The van der Waals surface area contributed by atoms with Gasteiger partial charge in [0.2, 0.25) is 0 Å². The fourth-order valence-electron chi connectivity index (χ4n) is 1.79. The third kappa shape index (κ3) is 3.55. The molecular weight excluding hydrogens is 324 g/mol. The summed E-state index contributed by atoms with van der Waals surface area (Å²) in [5.74, 6) is 0. The predicted octanol–water partition coefficient (Wildman–Crippen LogP) is 3.46. The van der Waals surface area contributed by atoms with E-state index in [1.807, 2.05) is 30.3 Å². The molecule has 0 radical (unpaired) electrons. The molecule has 0 aromatic heterocycles. The number of aliphatic hydroxyl groups excluding tert-OH is 1. The second kappa shape index (κ2) is 6.49. The molecular formula is C14H13BrN2O3. The van der Waals surface area contributed by atoms with Gasteiger partial charge >= 0.3 is 0 Å². The number of hydrogen-bond acceptors (Lipinski definition) is 4. The molecule has 0 saturated heterocycles. The van der Waals surface area contributed by atoms with Crippen molar-refractivity contribution in [2.45, 2.75) is 13.2 Å². The van der Waals surface area contributed by atoms with Gasteiger partial charge in [-0.25, -0.2) is 0 Å². The van der Waals surface area contributed by atoms with Crippen LogP contribution < -0.4 is 5.32 Å². The van der Waals surface area contributed by atoms with E-state index in [9.17, 15) is 10.1 Å². The van der Waals surface area contributed by atoms with Crippen LogP contribution in [-0.2, 0) is 13.2 Å². The molecule has 0 spiro atoms. The highest BCUT2D eigenvalue weighted by Crippen LogP contribution is 2.26. The second-order valence-electron chi connectivity index (χ2n) is 4.25. The summed E-state index contributed by atoms with van der Waals surface area (Å²) in [6.45, 7) is 0.461. The Morgan fingerprint density at radius 1 is 1.20 bits per heavy atom. The van der Waals surface area contributed by atoms with Crippen LogP contribution >= 0.6 is 15.9 Å². The first-order valence-corrected chi connectivity index (χ1v) is 6.76. The van der Waals surface area contributed by atoms with Gasteiger partial charge in [-0.2, -0.15) is 0 Å². The Morgan fingerprint density at radius 2 is 2.00 bits per heavy atom. The molecule has 0 bridgehead atoms. The van der Waals surface area contributed by atoms with Crippen molar-refractivity contribution in [3.8, 4) is 0 Å². The molecule has 0 unspecified atom stereocenters. The van der Waals surface area contributed by atoms with Crippen LogP contribution in [-0.4, -0.2) is 10.0 Å². The van der Waals surface area contributed by atoms with Crippen LogP contribution in [0.1, 0.15) is 11.1 Å². The summed E-state index contributed by atoms with van der Waals surface area (Å²) >= 11 is 3.16. The average Bonchev–Trinajstić information content (AvgIpc) is 2.46. The zero-order valence-corrected chi connectivity index (χ0v) is 12.1. The Hall–Kier alpha value is -1.92. The number of nitro groups is 1. The Balaban J connectivity index is 2.10. The maximum Gasteiger partial charge on any atom is 0.283 e. The number of rotatable bonds is 5. The lowest BCUT2D eigenvalue weighted by Crippen LogP contribution is -2.01. The van der Waals surface area contributed by atoms with Gasteiger partial charge in [-0.15, -0.1) is 0 Å². The van der Waals surface area contributed by atoms with Crippen molar-refractivity contribution < 1.29 is 10.0 Å². The number of nitro benzene ring substituents is 1. The molecule has 0 aliphatic rings. The Labute approximate surface area is 124 Å². The molecule has 0 amide bonds. The van der Waals surface area contributed by atoms with Gasteiger partial charge < -0.3 is 10.4 Å². The smallest absolute Gasteiger partial charge is 0.283 e. The molecule has 5 nitrogen and oxygen atoms in total. The zero-order valence-electron chi connectivity index (χ0n) is 10.5. The van der Waals surface area contributed by atoms with Crippen molar-refractivity contribution in [2.24, 2.45) is 0 Å². The molecule has 2 aromatic carbocycles. The van der Waals surface area contributed by atoms with Crippen LogP contribution in [0.3, 0.4) is 0 Å². The summed E-state index contributed by atoms with van der Waals surface area (Å²) in [7, 11) is 0.